The van der Waals surface area contributed by atoms with Gasteiger partial charge in [-0.1, -0.05) is 23.7 Å². The van der Waals surface area contributed by atoms with Crippen molar-refractivity contribution in [2.45, 2.75) is 31.1 Å². The Morgan fingerprint density at radius 2 is 1.88 bits per heavy atom. The molecule has 6 nitrogen and oxygen atoms in total. The molecule has 24 heavy (non-hydrogen) atoms. The summed E-state index contributed by atoms with van der Waals surface area (Å²) in [5.74, 6) is 0.313. The third kappa shape index (κ3) is 4.66. The molecule has 1 heterocycles. The van der Waals surface area contributed by atoms with Gasteiger partial charge in [0, 0.05) is 23.6 Å². The number of rotatable bonds is 7. The van der Waals surface area contributed by atoms with Crippen LogP contribution >= 0.6 is 11.6 Å². The van der Waals surface area contributed by atoms with E-state index in [9.17, 15) is 13.2 Å². The molecular formula is C16H18ClN3O3S. The highest BCUT2D eigenvalue weighted by Crippen LogP contribution is 2.38. The van der Waals surface area contributed by atoms with Crippen LogP contribution in [0.2, 0.25) is 5.02 Å². The second-order valence-corrected chi connectivity index (χ2v) is 8.12. The fraction of sp³-hybridized carbons (Fsp3) is 0.375. The van der Waals surface area contributed by atoms with Gasteiger partial charge in [0.05, 0.1) is 18.0 Å². The number of sulfonamides is 1. The summed E-state index contributed by atoms with van der Waals surface area (Å²) < 4.78 is 28.0. The van der Waals surface area contributed by atoms with Gasteiger partial charge in [-0.05, 0) is 36.6 Å². The van der Waals surface area contributed by atoms with Crippen LogP contribution in [0.15, 0.2) is 41.2 Å². The lowest BCUT2D eigenvalue weighted by molar-refractivity contribution is 0.540. The molecule has 0 spiro atoms. The maximum absolute atomic E-state index is 12.1. The molecule has 2 aromatic rings. The molecule has 128 valence electrons. The monoisotopic (exact) mass is 367 g/mol. The summed E-state index contributed by atoms with van der Waals surface area (Å²) in [6.07, 6.45) is 2.19. The van der Waals surface area contributed by atoms with Crippen LogP contribution in [-0.2, 0) is 22.3 Å². The maximum atomic E-state index is 12.1. The van der Waals surface area contributed by atoms with E-state index in [4.69, 9.17) is 11.6 Å². The predicted octanol–water partition coefficient (Wildman–Crippen LogP) is 1.89. The fourth-order valence-electron chi connectivity index (χ4n) is 2.38. The highest BCUT2D eigenvalue weighted by molar-refractivity contribution is 7.88. The van der Waals surface area contributed by atoms with Gasteiger partial charge in [-0.25, -0.2) is 17.8 Å². The molecule has 1 aliphatic carbocycles. The Balaban J connectivity index is 1.58. The SMILES string of the molecule is O=c1ccc(C2CC2)nn1CCNS(=O)(=O)Cc1ccc(Cl)cc1. The zero-order chi connectivity index (χ0) is 17.2. The molecule has 0 amide bonds. The van der Waals surface area contributed by atoms with Gasteiger partial charge in [0.15, 0.2) is 0 Å². The summed E-state index contributed by atoms with van der Waals surface area (Å²) in [6.45, 7) is 0.330. The highest BCUT2D eigenvalue weighted by atomic mass is 35.5. The average molecular weight is 368 g/mol. The highest BCUT2D eigenvalue weighted by Gasteiger charge is 2.25. The minimum Gasteiger partial charge on any atom is -0.268 e. The number of benzene rings is 1. The molecule has 0 atom stereocenters. The second kappa shape index (κ2) is 7.04. The Morgan fingerprint density at radius 1 is 1.17 bits per heavy atom. The van der Waals surface area contributed by atoms with E-state index in [0.29, 0.717) is 16.5 Å². The van der Waals surface area contributed by atoms with E-state index in [1.807, 2.05) is 0 Å². The molecule has 1 saturated carbocycles. The molecule has 0 saturated heterocycles. The van der Waals surface area contributed by atoms with Crippen LogP contribution in [-0.4, -0.2) is 24.7 Å². The smallest absolute Gasteiger partial charge is 0.266 e. The van der Waals surface area contributed by atoms with Gasteiger partial charge in [0.25, 0.3) is 5.56 Å². The molecule has 3 rings (SSSR count). The van der Waals surface area contributed by atoms with Crippen molar-refractivity contribution >= 4 is 21.6 Å². The van der Waals surface area contributed by atoms with Crippen LogP contribution in [0.1, 0.15) is 30.0 Å². The van der Waals surface area contributed by atoms with Crippen molar-refractivity contribution in [2.75, 3.05) is 6.54 Å². The molecule has 0 bridgehead atoms. The third-order valence-electron chi connectivity index (χ3n) is 3.80. The van der Waals surface area contributed by atoms with Crippen LogP contribution in [0.5, 0.6) is 0 Å². The summed E-state index contributed by atoms with van der Waals surface area (Å²) in [6, 6.07) is 9.89. The van der Waals surface area contributed by atoms with E-state index in [1.165, 1.54) is 10.7 Å². The topological polar surface area (TPSA) is 81.1 Å². The first-order valence-corrected chi connectivity index (χ1v) is 9.76. The summed E-state index contributed by atoms with van der Waals surface area (Å²) in [7, 11) is -3.48. The van der Waals surface area contributed by atoms with Crippen LogP contribution in [0.3, 0.4) is 0 Å². The number of hydrogen-bond acceptors (Lipinski definition) is 4. The molecule has 1 fully saturated rings. The number of nitrogens with zero attached hydrogens (tertiary/aromatic N) is 2. The van der Waals surface area contributed by atoms with Gasteiger partial charge in [0.1, 0.15) is 0 Å². The van der Waals surface area contributed by atoms with Crippen molar-refractivity contribution < 1.29 is 8.42 Å². The molecular weight excluding hydrogens is 350 g/mol. The zero-order valence-electron chi connectivity index (χ0n) is 13.0. The van der Waals surface area contributed by atoms with E-state index in [0.717, 1.165) is 18.5 Å². The normalized spacial score (nSPS) is 14.7. The summed E-state index contributed by atoms with van der Waals surface area (Å²) in [4.78, 5) is 11.8. The van der Waals surface area contributed by atoms with Crippen molar-refractivity contribution in [2.24, 2.45) is 0 Å². The Hall–Kier alpha value is -1.70. The number of halogens is 1. The minimum absolute atomic E-state index is 0.122. The van der Waals surface area contributed by atoms with Gasteiger partial charge in [0.2, 0.25) is 10.0 Å². The molecule has 8 heteroatoms. The van der Waals surface area contributed by atoms with Gasteiger partial charge < -0.3 is 0 Å². The molecule has 0 unspecified atom stereocenters. The Morgan fingerprint density at radius 3 is 2.54 bits per heavy atom. The lowest BCUT2D eigenvalue weighted by atomic mass is 10.2. The van der Waals surface area contributed by atoms with Crippen LogP contribution in [0.4, 0.5) is 0 Å². The van der Waals surface area contributed by atoms with E-state index in [2.05, 4.69) is 9.82 Å². The van der Waals surface area contributed by atoms with Crippen molar-refractivity contribution in [3.63, 3.8) is 0 Å². The maximum Gasteiger partial charge on any atom is 0.266 e. The Bertz CT molecular complexity index is 874. The van der Waals surface area contributed by atoms with Gasteiger partial charge in [-0.3, -0.25) is 4.79 Å². The van der Waals surface area contributed by atoms with Gasteiger partial charge >= 0.3 is 0 Å². The molecule has 1 aliphatic rings. The van der Waals surface area contributed by atoms with Crippen molar-refractivity contribution in [3.05, 3.63) is 63.0 Å². The lowest BCUT2D eigenvalue weighted by Crippen LogP contribution is -2.32. The molecule has 0 aliphatic heterocycles. The molecule has 1 N–H and O–H groups in total. The number of nitrogens with one attached hydrogen (secondary N) is 1. The third-order valence-corrected chi connectivity index (χ3v) is 5.41. The van der Waals surface area contributed by atoms with Crippen LogP contribution < -0.4 is 10.3 Å². The first kappa shape index (κ1) is 17.1. The molecule has 1 aromatic carbocycles. The van der Waals surface area contributed by atoms with Crippen LogP contribution in [0, 0.1) is 0 Å². The Kier molecular flexibility index (Phi) is 5.03. The van der Waals surface area contributed by atoms with E-state index >= 15 is 0 Å². The van der Waals surface area contributed by atoms with Gasteiger partial charge in [-0.15, -0.1) is 0 Å². The quantitative estimate of drug-likeness (QED) is 0.810. The largest absolute Gasteiger partial charge is 0.268 e. The Labute approximate surface area is 145 Å². The van der Waals surface area contributed by atoms with Crippen molar-refractivity contribution in [1.29, 1.82) is 0 Å². The first-order valence-electron chi connectivity index (χ1n) is 7.73. The zero-order valence-corrected chi connectivity index (χ0v) is 14.6. The molecule has 0 radical (unpaired) electrons. The van der Waals surface area contributed by atoms with Gasteiger partial charge in [-0.2, -0.15) is 5.10 Å². The van der Waals surface area contributed by atoms with Crippen molar-refractivity contribution in [1.82, 2.24) is 14.5 Å². The van der Waals surface area contributed by atoms with Crippen molar-refractivity contribution in [3.8, 4) is 0 Å². The predicted molar refractivity (Wildman–Crippen MR) is 92.6 cm³/mol. The fourth-order valence-corrected chi connectivity index (χ4v) is 3.64. The second-order valence-electron chi connectivity index (χ2n) is 5.87. The lowest BCUT2D eigenvalue weighted by Gasteiger charge is -2.09. The van der Waals surface area contributed by atoms with E-state index in [-0.39, 0.29) is 24.4 Å². The van der Waals surface area contributed by atoms with E-state index in [1.54, 1.807) is 30.3 Å². The average Bonchev–Trinajstić information content (AvgIpc) is 3.36. The van der Waals surface area contributed by atoms with E-state index < -0.39 is 10.0 Å². The summed E-state index contributed by atoms with van der Waals surface area (Å²) in [5, 5.41) is 4.86. The number of aromatic nitrogens is 2. The minimum atomic E-state index is -3.48. The number of hydrogen-bond donors (Lipinski definition) is 1. The van der Waals surface area contributed by atoms with Crippen LogP contribution in [0.25, 0.3) is 0 Å². The molecule has 1 aromatic heterocycles. The summed E-state index contributed by atoms with van der Waals surface area (Å²) >= 11 is 5.78. The summed E-state index contributed by atoms with van der Waals surface area (Å²) in [5.41, 5.74) is 1.33. The first-order chi connectivity index (χ1) is 11.4. The standard InChI is InChI=1S/C16H18ClN3O3S/c17-14-5-1-12(2-6-14)11-24(22,23)18-9-10-20-16(21)8-7-15(19-20)13-3-4-13/h1-2,5-8,13,18H,3-4,9-11H2.